The topological polar surface area (TPSA) is 58.7 Å². The van der Waals surface area contributed by atoms with Crippen molar-refractivity contribution in [2.75, 3.05) is 6.61 Å². The Bertz CT molecular complexity index is 508. The van der Waals surface area contributed by atoms with Crippen LogP contribution in [0.3, 0.4) is 0 Å². The molecule has 0 radical (unpaired) electrons. The Kier molecular flexibility index (Phi) is 6.42. The molecule has 2 aliphatic rings. The number of ether oxygens (including phenoxy) is 1. The van der Waals surface area contributed by atoms with Crippen molar-refractivity contribution in [1.82, 2.24) is 5.32 Å². The van der Waals surface area contributed by atoms with Crippen molar-refractivity contribution in [1.29, 1.82) is 0 Å². The fourth-order valence-corrected chi connectivity index (χ4v) is 5.16. The van der Waals surface area contributed by atoms with E-state index in [2.05, 4.69) is 41.5 Å². The molecule has 23 heavy (non-hydrogen) atoms. The fourth-order valence-electron chi connectivity index (χ4n) is 2.61. The molecular formula is C18H27INO3-. The Hall–Kier alpha value is -0.690. The Morgan fingerprint density at radius 1 is 1.35 bits per heavy atom. The van der Waals surface area contributed by atoms with Crippen LogP contribution in [0.1, 0.15) is 40.5 Å². The summed E-state index contributed by atoms with van der Waals surface area (Å²) in [7, 11) is 0. The number of carbonyl (C=O) groups is 2. The molecule has 1 fully saturated rings. The summed E-state index contributed by atoms with van der Waals surface area (Å²) in [4.78, 5) is 25.1. The SMILES string of the molecule is CC(C)CC(NC(=O)[C@@H](C)CC1C=CC=C[I-]1)C(=O)[C@@]1(C)CO1. The molecule has 0 aromatic heterocycles. The first-order valence-corrected chi connectivity index (χ1v) is 10.7. The second-order valence-corrected chi connectivity index (χ2v) is 10.1. The van der Waals surface area contributed by atoms with E-state index in [9.17, 15) is 9.59 Å². The Morgan fingerprint density at radius 3 is 2.57 bits per heavy atom. The molecule has 0 bridgehead atoms. The second-order valence-electron chi connectivity index (χ2n) is 7.06. The quantitative estimate of drug-likeness (QED) is 0.318. The number of ketones is 1. The molecule has 0 saturated carbocycles. The number of amides is 1. The number of alkyl halides is 1. The Morgan fingerprint density at radius 2 is 2.04 bits per heavy atom. The summed E-state index contributed by atoms with van der Waals surface area (Å²) in [5, 5.41) is 2.99. The van der Waals surface area contributed by atoms with E-state index >= 15 is 0 Å². The van der Waals surface area contributed by atoms with E-state index in [0.29, 0.717) is 22.9 Å². The summed E-state index contributed by atoms with van der Waals surface area (Å²) < 4.78 is 8.03. The number of halogens is 1. The number of hydrogen-bond donors (Lipinski definition) is 1. The van der Waals surface area contributed by atoms with E-state index < -0.39 is 11.6 Å². The Labute approximate surface area is 149 Å². The van der Waals surface area contributed by atoms with Gasteiger partial charge in [-0.25, -0.2) is 0 Å². The third kappa shape index (κ3) is 5.41. The van der Waals surface area contributed by atoms with Crippen LogP contribution >= 0.6 is 0 Å². The van der Waals surface area contributed by atoms with Crippen LogP contribution in [0.2, 0.25) is 0 Å². The molecule has 2 aliphatic heterocycles. The van der Waals surface area contributed by atoms with Crippen molar-refractivity contribution in [3.8, 4) is 0 Å². The van der Waals surface area contributed by atoms with Crippen molar-refractivity contribution in [3.05, 3.63) is 22.3 Å². The molecule has 4 atom stereocenters. The normalized spacial score (nSPS) is 28.8. The van der Waals surface area contributed by atoms with Crippen molar-refractivity contribution in [2.24, 2.45) is 11.8 Å². The number of hydrogen-bond acceptors (Lipinski definition) is 3. The minimum atomic E-state index is -0.682. The van der Waals surface area contributed by atoms with E-state index in [1.165, 1.54) is 0 Å². The minimum absolute atomic E-state index is 0.00180. The summed E-state index contributed by atoms with van der Waals surface area (Å²) in [6.07, 6.45) is 7.87. The standard InChI is InChI=1S/C18H27INO3/c1-12(2)9-15(16(21)18(4)11-23-18)20-17(22)13(3)10-14-7-5-6-8-19-14/h5-8,12-15H,9-11H2,1-4H3,(H,20,22)/q-1/t13-,14?,15?,18+/m0/s1. The molecule has 130 valence electrons. The number of allylic oxidation sites excluding steroid dienone is 3. The van der Waals surface area contributed by atoms with Crippen LogP contribution in [0.25, 0.3) is 0 Å². The number of Topliss-reactive ketones (excluding diaryl/α,β-unsaturated/α-hetero) is 1. The fraction of sp³-hybridized carbons (Fsp3) is 0.667. The maximum atomic E-state index is 12.6. The van der Waals surface area contributed by atoms with Crippen LogP contribution in [0.15, 0.2) is 22.3 Å². The van der Waals surface area contributed by atoms with Crippen LogP contribution in [0, 0.1) is 11.8 Å². The van der Waals surface area contributed by atoms with Gasteiger partial charge in [-0.1, -0.05) is 0 Å². The second kappa shape index (κ2) is 7.92. The van der Waals surface area contributed by atoms with Gasteiger partial charge in [0.1, 0.15) is 0 Å². The van der Waals surface area contributed by atoms with Crippen molar-refractivity contribution in [3.63, 3.8) is 0 Å². The van der Waals surface area contributed by atoms with Crippen molar-refractivity contribution < 1.29 is 35.5 Å². The van der Waals surface area contributed by atoms with Crippen LogP contribution in [0.5, 0.6) is 0 Å². The van der Waals surface area contributed by atoms with Gasteiger partial charge in [-0.3, -0.25) is 0 Å². The van der Waals surface area contributed by atoms with Gasteiger partial charge >= 0.3 is 149 Å². The predicted octanol–water partition coefficient (Wildman–Crippen LogP) is -0.557. The molecule has 2 rings (SSSR count). The zero-order valence-electron chi connectivity index (χ0n) is 14.3. The molecule has 1 saturated heterocycles. The molecule has 0 spiro atoms. The van der Waals surface area contributed by atoms with Crippen molar-refractivity contribution >= 4 is 11.7 Å². The zero-order valence-corrected chi connectivity index (χ0v) is 16.5. The van der Waals surface area contributed by atoms with E-state index in [-0.39, 0.29) is 38.8 Å². The van der Waals surface area contributed by atoms with Crippen LogP contribution in [-0.4, -0.2) is 33.9 Å². The first kappa shape index (κ1) is 18.6. The predicted molar refractivity (Wildman–Crippen MR) is 86.6 cm³/mol. The van der Waals surface area contributed by atoms with Gasteiger partial charge in [0.25, 0.3) is 0 Å². The summed E-state index contributed by atoms with van der Waals surface area (Å²) in [6.45, 7) is 8.36. The average molecular weight is 432 g/mol. The zero-order chi connectivity index (χ0) is 17.0. The van der Waals surface area contributed by atoms with Gasteiger partial charge in [0.15, 0.2) is 0 Å². The van der Waals surface area contributed by atoms with Crippen LogP contribution in [-0.2, 0) is 14.3 Å². The first-order valence-electron chi connectivity index (χ1n) is 8.26. The molecule has 0 aliphatic carbocycles. The summed E-state index contributed by atoms with van der Waals surface area (Å²) in [6, 6.07) is -0.436. The van der Waals surface area contributed by atoms with E-state index in [4.69, 9.17) is 4.74 Å². The number of rotatable bonds is 8. The third-order valence-electron chi connectivity index (χ3n) is 4.20. The summed E-state index contributed by atoms with van der Waals surface area (Å²) in [5.74, 6) is 0.269. The van der Waals surface area contributed by atoms with Gasteiger partial charge in [0.2, 0.25) is 0 Å². The maximum absolute atomic E-state index is 12.6. The number of carbonyl (C=O) groups excluding carboxylic acids is 2. The average Bonchev–Trinajstić information content (AvgIpc) is 3.25. The van der Waals surface area contributed by atoms with E-state index in [0.717, 1.165) is 6.42 Å². The van der Waals surface area contributed by atoms with Gasteiger partial charge < -0.3 is 0 Å². The monoisotopic (exact) mass is 432 g/mol. The molecule has 5 heteroatoms. The van der Waals surface area contributed by atoms with E-state index in [1.54, 1.807) is 0 Å². The van der Waals surface area contributed by atoms with Gasteiger partial charge in [-0.2, -0.15) is 0 Å². The Balaban J connectivity index is 1.92. The van der Waals surface area contributed by atoms with Gasteiger partial charge in [0, 0.05) is 0 Å². The third-order valence-corrected chi connectivity index (χ3v) is 6.88. The molecular weight excluding hydrogens is 405 g/mol. The molecule has 0 aromatic carbocycles. The molecule has 0 aromatic rings. The summed E-state index contributed by atoms with van der Waals surface area (Å²) >= 11 is -0.00180. The van der Waals surface area contributed by atoms with Crippen LogP contribution < -0.4 is 26.5 Å². The molecule has 1 amide bonds. The molecule has 2 heterocycles. The molecule has 1 N–H and O–H groups in total. The first-order chi connectivity index (χ1) is 10.8. The van der Waals surface area contributed by atoms with Gasteiger partial charge in [-0.15, -0.1) is 0 Å². The number of epoxide rings is 1. The molecule has 2 unspecified atom stereocenters. The van der Waals surface area contributed by atoms with Crippen molar-refractivity contribution in [2.45, 2.75) is 56.1 Å². The number of nitrogens with one attached hydrogen (secondary N) is 1. The van der Waals surface area contributed by atoms with Gasteiger partial charge in [-0.05, 0) is 0 Å². The van der Waals surface area contributed by atoms with E-state index in [1.807, 2.05) is 13.8 Å². The van der Waals surface area contributed by atoms with Crippen LogP contribution in [0.4, 0.5) is 0 Å². The summed E-state index contributed by atoms with van der Waals surface area (Å²) in [5.41, 5.74) is -0.682. The van der Waals surface area contributed by atoms with Gasteiger partial charge in [0.05, 0.1) is 0 Å². The molecule has 4 nitrogen and oxygen atoms in total.